The van der Waals surface area contributed by atoms with Crippen molar-refractivity contribution in [2.75, 3.05) is 6.54 Å². The fraction of sp³-hybridized carbons (Fsp3) is 0.750. The minimum atomic E-state index is -0.507. The van der Waals surface area contributed by atoms with E-state index >= 15 is 0 Å². The summed E-state index contributed by atoms with van der Waals surface area (Å²) < 4.78 is 0. The number of carbonyl (C=O) groups is 1. The van der Waals surface area contributed by atoms with Gasteiger partial charge in [-0.15, -0.1) is 0 Å². The molecule has 0 radical (unpaired) electrons. The third kappa shape index (κ3) is 1.75. The highest BCUT2D eigenvalue weighted by molar-refractivity contribution is 6.08. The van der Waals surface area contributed by atoms with Crippen molar-refractivity contribution in [1.82, 2.24) is 10.6 Å². The van der Waals surface area contributed by atoms with E-state index in [1.165, 1.54) is 0 Å². The first kappa shape index (κ1) is 9.03. The summed E-state index contributed by atoms with van der Waals surface area (Å²) in [6.07, 6.45) is 0.988. The van der Waals surface area contributed by atoms with Gasteiger partial charge in [-0.3, -0.25) is 15.1 Å². The van der Waals surface area contributed by atoms with Crippen LogP contribution in [0.3, 0.4) is 0 Å². The Morgan fingerprint density at radius 3 is 2.58 bits per heavy atom. The quantitative estimate of drug-likeness (QED) is 0.622. The number of nitrogens with zero attached hydrogens (tertiary/aromatic N) is 1. The number of hydrogen-bond donors (Lipinski definition) is 2. The fourth-order valence-electron chi connectivity index (χ4n) is 0.950. The Kier molecular flexibility index (Phi) is 2.35. The molecule has 0 aromatic heterocycles. The standard InChI is InChI=1S/C8H15N3O/c1-4-5-9-7-10-6(12)8(2,3)11-7/h4-5H2,1-3H3,(H2,9,10,11,12). The molecule has 2 N–H and O–H groups in total. The molecule has 1 aliphatic heterocycles. The zero-order valence-corrected chi connectivity index (χ0v) is 7.77. The van der Waals surface area contributed by atoms with Crippen LogP contribution in [0, 0.1) is 0 Å². The van der Waals surface area contributed by atoms with Crippen molar-refractivity contribution in [2.45, 2.75) is 32.7 Å². The molecule has 0 atom stereocenters. The summed E-state index contributed by atoms with van der Waals surface area (Å²) in [7, 11) is 0. The van der Waals surface area contributed by atoms with Gasteiger partial charge in [0.25, 0.3) is 5.91 Å². The van der Waals surface area contributed by atoms with E-state index in [1.807, 2.05) is 20.8 Å². The molecule has 0 spiro atoms. The lowest BCUT2D eigenvalue weighted by atomic mass is 10.1. The average Bonchev–Trinajstić information content (AvgIpc) is 2.22. The highest BCUT2D eigenvalue weighted by Gasteiger charge is 2.35. The highest BCUT2D eigenvalue weighted by Crippen LogP contribution is 2.06. The van der Waals surface area contributed by atoms with Gasteiger partial charge in [0.2, 0.25) is 0 Å². The van der Waals surface area contributed by atoms with Gasteiger partial charge in [0.1, 0.15) is 5.54 Å². The van der Waals surface area contributed by atoms with E-state index in [4.69, 9.17) is 0 Å². The molecular formula is C8H15N3O. The fourth-order valence-corrected chi connectivity index (χ4v) is 0.950. The second kappa shape index (κ2) is 3.13. The van der Waals surface area contributed by atoms with E-state index in [1.54, 1.807) is 0 Å². The van der Waals surface area contributed by atoms with Crippen LogP contribution in [0.5, 0.6) is 0 Å². The highest BCUT2D eigenvalue weighted by atomic mass is 16.2. The molecule has 1 saturated heterocycles. The number of guanidine groups is 1. The van der Waals surface area contributed by atoms with Gasteiger partial charge in [-0.25, -0.2) is 0 Å². The summed E-state index contributed by atoms with van der Waals surface area (Å²) >= 11 is 0. The van der Waals surface area contributed by atoms with Crippen molar-refractivity contribution in [1.29, 1.82) is 0 Å². The molecule has 0 bridgehead atoms. The van der Waals surface area contributed by atoms with E-state index < -0.39 is 5.54 Å². The van der Waals surface area contributed by atoms with Crippen LogP contribution >= 0.6 is 0 Å². The summed E-state index contributed by atoms with van der Waals surface area (Å²) in [6, 6.07) is 0. The van der Waals surface area contributed by atoms with Gasteiger partial charge in [-0.1, -0.05) is 6.92 Å². The third-order valence-electron chi connectivity index (χ3n) is 1.72. The molecule has 1 rings (SSSR count). The van der Waals surface area contributed by atoms with Gasteiger partial charge < -0.3 is 5.32 Å². The molecule has 1 aliphatic rings. The van der Waals surface area contributed by atoms with Gasteiger partial charge in [0, 0.05) is 6.54 Å². The van der Waals surface area contributed by atoms with Crippen LogP contribution in [0.1, 0.15) is 27.2 Å². The summed E-state index contributed by atoms with van der Waals surface area (Å²) in [4.78, 5) is 15.4. The van der Waals surface area contributed by atoms with Crippen LogP contribution in [0.2, 0.25) is 0 Å². The van der Waals surface area contributed by atoms with Crippen molar-refractivity contribution in [2.24, 2.45) is 4.99 Å². The maximum Gasteiger partial charge on any atom is 0.251 e. The zero-order chi connectivity index (χ0) is 9.19. The number of amides is 1. The normalized spacial score (nSPS) is 23.9. The number of carbonyl (C=O) groups excluding carboxylic acids is 1. The first-order valence-corrected chi connectivity index (χ1v) is 4.20. The number of hydrogen-bond acceptors (Lipinski definition) is 2. The van der Waals surface area contributed by atoms with Gasteiger partial charge in [0.15, 0.2) is 5.96 Å². The topological polar surface area (TPSA) is 53.5 Å². The minimum Gasteiger partial charge on any atom is -0.342 e. The van der Waals surface area contributed by atoms with Crippen LogP contribution in [-0.4, -0.2) is 24.0 Å². The summed E-state index contributed by atoms with van der Waals surface area (Å²) in [6.45, 7) is 6.46. The summed E-state index contributed by atoms with van der Waals surface area (Å²) in [5.41, 5.74) is -0.507. The maximum absolute atomic E-state index is 11.2. The minimum absolute atomic E-state index is 0.0163. The third-order valence-corrected chi connectivity index (χ3v) is 1.72. The molecule has 1 fully saturated rings. The van der Waals surface area contributed by atoms with E-state index in [-0.39, 0.29) is 5.91 Å². The predicted molar refractivity (Wildman–Crippen MR) is 48.0 cm³/mol. The van der Waals surface area contributed by atoms with Crippen LogP contribution < -0.4 is 10.6 Å². The Morgan fingerprint density at radius 2 is 2.17 bits per heavy atom. The number of rotatable bonds is 2. The second-order valence-corrected chi connectivity index (χ2v) is 3.43. The lowest BCUT2D eigenvalue weighted by molar-refractivity contribution is -0.122. The molecule has 0 aromatic rings. The molecule has 1 heterocycles. The van der Waals surface area contributed by atoms with Gasteiger partial charge in [-0.2, -0.15) is 0 Å². The molecule has 0 unspecified atom stereocenters. The van der Waals surface area contributed by atoms with Crippen LogP contribution in [0.15, 0.2) is 4.99 Å². The Bertz CT molecular complexity index is 220. The molecule has 4 nitrogen and oxygen atoms in total. The van der Waals surface area contributed by atoms with Crippen molar-refractivity contribution in [3.05, 3.63) is 0 Å². The molecule has 68 valence electrons. The van der Waals surface area contributed by atoms with E-state index in [0.29, 0.717) is 5.96 Å². The second-order valence-electron chi connectivity index (χ2n) is 3.43. The van der Waals surface area contributed by atoms with Crippen LogP contribution in [0.25, 0.3) is 0 Å². The molecular weight excluding hydrogens is 154 g/mol. The first-order chi connectivity index (χ1) is 5.56. The predicted octanol–water partition coefficient (Wildman–Crippen LogP) is 0.250. The smallest absolute Gasteiger partial charge is 0.251 e. The Balaban J connectivity index is 2.60. The molecule has 4 heteroatoms. The molecule has 12 heavy (non-hydrogen) atoms. The Morgan fingerprint density at radius 1 is 1.50 bits per heavy atom. The van der Waals surface area contributed by atoms with Crippen LogP contribution in [0.4, 0.5) is 0 Å². The molecule has 1 amide bonds. The first-order valence-electron chi connectivity index (χ1n) is 4.20. The summed E-state index contributed by atoms with van der Waals surface area (Å²) in [5, 5.41) is 5.68. The maximum atomic E-state index is 11.2. The Labute approximate surface area is 72.4 Å². The average molecular weight is 169 g/mol. The number of aliphatic imine (C=N–C) groups is 1. The van der Waals surface area contributed by atoms with Crippen LogP contribution in [-0.2, 0) is 4.79 Å². The van der Waals surface area contributed by atoms with E-state index in [2.05, 4.69) is 15.6 Å². The Hall–Kier alpha value is -1.06. The van der Waals surface area contributed by atoms with E-state index in [0.717, 1.165) is 13.0 Å². The number of nitrogens with one attached hydrogen (secondary N) is 2. The molecule has 0 saturated carbocycles. The largest absolute Gasteiger partial charge is 0.342 e. The summed E-state index contributed by atoms with van der Waals surface area (Å²) in [5.74, 6) is 0.587. The van der Waals surface area contributed by atoms with Gasteiger partial charge in [0.05, 0.1) is 0 Å². The molecule has 0 aliphatic carbocycles. The van der Waals surface area contributed by atoms with Gasteiger partial charge >= 0.3 is 0 Å². The SMILES string of the molecule is CCCN=C1NC(=O)C(C)(C)N1. The van der Waals surface area contributed by atoms with Crippen molar-refractivity contribution in [3.63, 3.8) is 0 Å². The zero-order valence-electron chi connectivity index (χ0n) is 7.77. The lowest BCUT2D eigenvalue weighted by Crippen LogP contribution is -2.40. The lowest BCUT2D eigenvalue weighted by Gasteiger charge is -2.12. The van der Waals surface area contributed by atoms with Crippen molar-refractivity contribution in [3.8, 4) is 0 Å². The van der Waals surface area contributed by atoms with E-state index in [9.17, 15) is 4.79 Å². The van der Waals surface area contributed by atoms with Crippen molar-refractivity contribution >= 4 is 11.9 Å². The van der Waals surface area contributed by atoms with Crippen molar-refractivity contribution < 1.29 is 4.79 Å². The monoisotopic (exact) mass is 169 g/mol. The van der Waals surface area contributed by atoms with Gasteiger partial charge in [-0.05, 0) is 20.3 Å². The molecule has 0 aromatic carbocycles.